The van der Waals surface area contributed by atoms with Crippen LogP contribution in [0, 0.1) is 10.1 Å². The third-order valence-corrected chi connectivity index (χ3v) is 6.40. The van der Waals surface area contributed by atoms with Gasteiger partial charge < -0.3 is 19.4 Å². The molecule has 0 spiro atoms. The molecule has 0 amide bonds. The number of rotatable bonds is 8. The molecule has 0 saturated heterocycles. The van der Waals surface area contributed by atoms with Crippen LogP contribution >= 0.6 is 11.6 Å². The van der Waals surface area contributed by atoms with E-state index in [1.54, 1.807) is 24.3 Å². The Morgan fingerprint density at radius 3 is 2.14 bits per heavy atom. The van der Waals surface area contributed by atoms with Gasteiger partial charge in [0.15, 0.2) is 0 Å². The average molecular weight is 488 g/mol. The van der Waals surface area contributed by atoms with Crippen molar-refractivity contribution in [3.8, 4) is 5.75 Å². The zero-order chi connectivity index (χ0) is 24.4. The van der Waals surface area contributed by atoms with E-state index in [-0.39, 0.29) is 18.1 Å². The number of halogens is 1. The minimum absolute atomic E-state index is 0.00286. The Labute approximate surface area is 205 Å². The van der Waals surface area contributed by atoms with Crippen LogP contribution in [0.15, 0.2) is 89.7 Å². The second-order valence-corrected chi connectivity index (χ2v) is 8.62. The van der Waals surface area contributed by atoms with Crippen molar-refractivity contribution in [2.75, 3.05) is 6.61 Å². The number of pyridine rings is 1. The van der Waals surface area contributed by atoms with Crippen molar-refractivity contribution in [2.45, 2.75) is 19.5 Å². The van der Waals surface area contributed by atoms with E-state index in [9.17, 15) is 14.9 Å². The minimum atomic E-state index is -0.580. The third-order valence-electron chi connectivity index (χ3n) is 6.03. The number of hydrogen-bond acceptors (Lipinski definition) is 4. The van der Waals surface area contributed by atoms with Crippen molar-refractivity contribution in [1.82, 2.24) is 9.13 Å². The van der Waals surface area contributed by atoms with E-state index in [4.69, 9.17) is 16.3 Å². The van der Waals surface area contributed by atoms with Crippen LogP contribution in [-0.4, -0.2) is 20.7 Å². The topological polar surface area (TPSA) is 79.3 Å². The number of nitrogens with zero attached hydrogens (tertiary/aromatic N) is 3. The molecule has 0 fully saturated rings. The van der Waals surface area contributed by atoms with Crippen molar-refractivity contribution >= 4 is 39.2 Å². The summed E-state index contributed by atoms with van der Waals surface area (Å²) < 4.78 is 9.11. The Morgan fingerprint density at radius 2 is 1.49 bits per heavy atom. The summed E-state index contributed by atoms with van der Waals surface area (Å²) >= 11 is 6.18. The van der Waals surface area contributed by atoms with Crippen LogP contribution in [-0.2, 0) is 13.1 Å². The molecule has 0 saturated carbocycles. The van der Waals surface area contributed by atoms with Gasteiger partial charge in [-0.1, -0.05) is 66.2 Å². The second kappa shape index (κ2) is 9.64. The molecule has 2 aromatic heterocycles. The lowest BCUT2D eigenvalue weighted by molar-refractivity contribution is -0.392. The summed E-state index contributed by atoms with van der Waals surface area (Å²) in [5.41, 5.74) is 2.40. The van der Waals surface area contributed by atoms with Gasteiger partial charge in [0, 0.05) is 38.9 Å². The van der Waals surface area contributed by atoms with Crippen molar-refractivity contribution in [3.05, 3.63) is 116 Å². The highest BCUT2D eigenvalue weighted by Gasteiger charge is 2.19. The fourth-order valence-corrected chi connectivity index (χ4v) is 4.60. The maximum Gasteiger partial charge on any atom is 0.338 e. The molecule has 0 aliphatic carbocycles. The number of ether oxygens (including phenoxy) is 1. The predicted molar refractivity (Wildman–Crippen MR) is 137 cm³/mol. The van der Waals surface area contributed by atoms with Crippen molar-refractivity contribution in [3.63, 3.8) is 0 Å². The first-order chi connectivity index (χ1) is 17.0. The number of benzene rings is 3. The maximum atomic E-state index is 12.7. The first-order valence-corrected chi connectivity index (χ1v) is 11.6. The Kier molecular flexibility index (Phi) is 6.25. The molecule has 0 bridgehead atoms. The smallest absolute Gasteiger partial charge is 0.338 e. The molecule has 0 radical (unpaired) electrons. The van der Waals surface area contributed by atoms with Gasteiger partial charge in [-0.15, -0.1) is 0 Å². The predicted octanol–water partition coefficient (Wildman–Crippen LogP) is 6.04. The SMILES string of the molecule is O=c1cc(OCCCn2c3ccccc3c3ccccc32)cc([N+](=O)[O-])n1Cc1ccccc1Cl. The molecule has 0 aliphatic heterocycles. The highest BCUT2D eigenvalue weighted by Crippen LogP contribution is 2.29. The normalized spacial score (nSPS) is 11.2. The fraction of sp³-hybridized carbons (Fsp3) is 0.148. The van der Waals surface area contributed by atoms with Gasteiger partial charge in [-0.05, 0) is 29.5 Å². The number of fused-ring (bicyclic) bond motifs is 3. The lowest BCUT2D eigenvalue weighted by atomic mass is 10.2. The lowest BCUT2D eigenvalue weighted by Gasteiger charge is -2.11. The molecule has 8 heteroatoms. The molecule has 0 aliphatic rings. The van der Waals surface area contributed by atoms with E-state index in [1.807, 2.05) is 24.3 Å². The molecule has 3 aromatic carbocycles. The Bertz CT molecular complexity index is 1550. The van der Waals surface area contributed by atoms with E-state index in [2.05, 4.69) is 28.8 Å². The molecule has 7 nitrogen and oxygen atoms in total. The minimum Gasteiger partial charge on any atom is -0.493 e. The summed E-state index contributed by atoms with van der Waals surface area (Å²) in [5, 5.41) is 14.5. The van der Waals surface area contributed by atoms with Gasteiger partial charge in [0.05, 0.1) is 18.7 Å². The molecule has 0 unspecified atom stereocenters. The van der Waals surface area contributed by atoms with E-state index < -0.39 is 10.5 Å². The number of nitro groups is 1. The molecule has 0 N–H and O–H groups in total. The van der Waals surface area contributed by atoms with Gasteiger partial charge in [0.25, 0.3) is 0 Å². The summed E-state index contributed by atoms with van der Waals surface area (Å²) in [6.45, 7) is 1.02. The summed E-state index contributed by atoms with van der Waals surface area (Å²) in [6.07, 6.45) is 0.666. The first kappa shape index (κ1) is 22.7. The van der Waals surface area contributed by atoms with Gasteiger partial charge in [0.2, 0.25) is 0 Å². The van der Waals surface area contributed by atoms with Crippen LogP contribution < -0.4 is 10.3 Å². The highest BCUT2D eigenvalue weighted by atomic mass is 35.5. The molecule has 5 rings (SSSR count). The Hall–Kier alpha value is -4.10. The first-order valence-electron chi connectivity index (χ1n) is 11.2. The Morgan fingerprint density at radius 1 is 0.857 bits per heavy atom. The van der Waals surface area contributed by atoms with Crippen molar-refractivity contribution < 1.29 is 9.66 Å². The van der Waals surface area contributed by atoms with Crippen molar-refractivity contribution in [1.29, 1.82) is 0 Å². The third kappa shape index (κ3) is 4.50. The summed E-state index contributed by atoms with van der Waals surface area (Å²) in [7, 11) is 0. The number of aromatic nitrogens is 2. The number of aryl methyl sites for hydroxylation is 1. The molecule has 35 heavy (non-hydrogen) atoms. The van der Waals surface area contributed by atoms with Crippen LogP contribution in [0.1, 0.15) is 12.0 Å². The molecular formula is C27H22ClN3O4. The van der Waals surface area contributed by atoms with Gasteiger partial charge in [-0.2, -0.15) is 4.57 Å². The molecule has 0 atom stereocenters. The number of para-hydroxylation sites is 2. The van der Waals surface area contributed by atoms with Crippen LogP contribution in [0.25, 0.3) is 21.8 Å². The number of hydrogen-bond donors (Lipinski definition) is 0. The largest absolute Gasteiger partial charge is 0.493 e. The summed E-state index contributed by atoms with van der Waals surface area (Å²) in [4.78, 5) is 23.8. The molecular weight excluding hydrogens is 466 g/mol. The van der Waals surface area contributed by atoms with Crippen LogP contribution in [0.4, 0.5) is 5.82 Å². The monoisotopic (exact) mass is 487 g/mol. The molecule has 176 valence electrons. The maximum absolute atomic E-state index is 12.7. The second-order valence-electron chi connectivity index (χ2n) is 8.21. The van der Waals surface area contributed by atoms with Gasteiger partial charge in [0.1, 0.15) is 12.3 Å². The van der Waals surface area contributed by atoms with E-state index in [0.717, 1.165) is 15.6 Å². The summed E-state index contributed by atoms with van der Waals surface area (Å²) in [5.74, 6) is -0.158. The molecule has 2 heterocycles. The van der Waals surface area contributed by atoms with E-state index in [1.165, 1.54) is 22.9 Å². The highest BCUT2D eigenvalue weighted by molar-refractivity contribution is 6.31. The van der Waals surface area contributed by atoms with Gasteiger partial charge in [-0.3, -0.25) is 0 Å². The van der Waals surface area contributed by atoms with Crippen LogP contribution in [0.3, 0.4) is 0 Å². The van der Waals surface area contributed by atoms with E-state index >= 15 is 0 Å². The van der Waals surface area contributed by atoms with Gasteiger partial charge in [-0.25, -0.2) is 4.79 Å². The molecule has 5 aromatic rings. The van der Waals surface area contributed by atoms with E-state index in [0.29, 0.717) is 30.2 Å². The standard InChI is InChI=1S/C27H22ClN3O4/c28-23-11-4-1-8-19(23)18-30-26(31(33)34)16-20(17-27(30)32)35-15-7-14-29-24-12-5-2-9-21(24)22-10-3-6-13-25(22)29/h1-6,8-13,16-17H,7,14-15,18H2. The fourth-order valence-electron chi connectivity index (χ4n) is 4.41. The Balaban J connectivity index is 1.33. The van der Waals surface area contributed by atoms with Gasteiger partial charge >= 0.3 is 11.4 Å². The zero-order valence-corrected chi connectivity index (χ0v) is 19.5. The quantitative estimate of drug-likeness (QED) is 0.152. The zero-order valence-electron chi connectivity index (χ0n) is 18.8. The van der Waals surface area contributed by atoms with Crippen molar-refractivity contribution in [2.24, 2.45) is 0 Å². The van der Waals surface area contributed by atoms with Crippen LogP contribution in [0.5, 0.6) is 5.75 Å². The average Bonchev–Trinajstić information content (AvgIpc) is 3.18. The summed E-state index contributed by atoms with van der Waals surface area (Å²) in [6, 6.07) is 26.0. The lowest BCUT2D eigenvalue weighted by Crippen LogP contribution is -2.23. The van der Waals surface area contributed by atoms with Crippen LogP contribution in [0.2, 0.25) is 5.02 Å².